The van der Waals surface area contributed by atoms with E-state index in [0.29, 0.717) is 6.42 Å². The maximum atomic E-state index is 9.43. The molecule has 0 aromatic heterocycles. The Morgan fingerprint density at radius 2 is 2.27 bits per heavy atom. The zero-order chi connectivity index (χ0) is 7.90. The molecule has 1 aliphatic heterocycles. The fourth-order valence-corrected chi connectivity index (χ4v) is 1.72. The highest BCUT2D eigenvalue weighted by Crippen LogP contribution is 2.47. The molecule has 3 heteroatoms. The Labute approximate surface area is 66.3 Å². The molecular formula is C8H14O3. The summed E-state index contributed by atoms with van der Waals surface area (Å²) in [6.45, 7) is 0. The molecule has 1 aliphatic carbocycles. The van der Waals surface area contributed by atoms with Crippen molar-refractivity contribution in [3.05, 3.63) is 0 Å². The van der Waals surface area contributed by atoms with Crippen LogP contribution in [0.5, 0.6) is 0 Å². The van der Waals surface area contributed by atoms with Gasteiger partial charge in [-0.15, -0.1) is 0 Å². The van der Waals surface area contributed by atoms with Crippen molar-refractivity contribution < 1.29 is 14.6 Å². The third kappa shape index (κ3) is 1.41. The first-order valence-electron chi connectivity index (χ1n) is 4.13. The van der Waals surface area contributed by atoms with Crippen LogP contribution in [-0.2, 0) is 9.47 Å². The second-order valence-corrected chi connectivity index (χ2v) is 3.56. The molecule has 11 heavy (non-hydrogen) atoms. The summed E-state index contributed by atoms with van der Waals surface area (Å²) in [7, 11) is 1.62. The van der Waals surface area contributed by atoms with Crippen molar-refractivity contribution in [2.45, 2.75) is 43.7 Å². The highest BCUT2D eigenvalue weighted by molar-refractivity contribution is 5.00. The Morgan fingerprint density at radius 1 is 1.55 bits per heavy atom. The van der Waals surface area contributed by atoms with E-state index in [1.807, 2.05) is 0 Å². The first kappa shape index (κ1) is 7.53. The van der Waals surface area contributed by atoms with Crippen LogP contribution in [-0.4, -0.2) is 30.2 Å². The van der Waals surface area contributed by atoms with Crippen LogP contribution in [0.25, 0.3) is 0 Å². The molecule has 1 saturated heterocycles. The fraction of sp³-hybridized carbons (Fsp3) is 1.00. The van der Waals surface area contributed by atoms with Gasteiger partial charge in [0.05, 0.1) is 11.7 Å². The van der Waals surface area contributed by atoms with Gasteiger partial charge in [-0.25, -0.2) is 0 Å². The van der Waals surface area contributed by atoms with Crippen LogP contribution in [0, 0.1) is 0 Å². The molecule has 2 fully saturated rings. The highest BCUT2D eigenvalue weighted by Gasteiger charge is 2.50. The molecule has 0 unspecified atom stereocenters. The van der Waals surface area contributed by atoms with Gasteiger partial charge in [0.1, 0.15) is 0 Å². The lowest BCUT2D eigenvalue weighted by Crippen LogP contribution is -2.37. The van der Waals surface area contributed by atoms with Gasteiger partial charge in [0, 0.05) is 20.0 Å². The minimum Gasteiger partial charge on any atom is -0.393 e. The predicted molar refractivity (Wildman–Crippen MR) is 39.1 cm³/mol. The van der Waals surface area contributed by atoms with Gasteiger partial charge in [0.2, 0.25) is 0 Å². The van der Waals surface area contributed by atoms with Gasteiger partial charge >= 0.3 is 0 Å². The van der Waals surface area contributed by atoms with Crippen molar-refractivity contribution in [2.75, 3.05) is 7.11 Å². The number of rotatable bonds is 1. The minimum absolute atomic E-state index is 0.00164. The van der Waals surface area contributed by atoms with Gasteiger partial charge in [0.15, 0.2) is 6.29 Å². The smallest absolute Gasteiger partial charge is 0.160 e. The number of ether oxygens (including phenoxy) is 2. The van der Waals surface area contributed by atoms with Crippen LogP contribution < -0.4 is 0 Å². The molecule has 3 nitrogen and oxygen atoms in total. The van der Waals surface area contributed by atoms with E-state index in [-0.39, 0.29) is 18.0 Å². The zero-order valence-corrected chi connectivity index (χ0v) is 6.75. The van der Waals surface area contributed by atoms with E-state index in [9.17, 15) is 5.11 Å². The molecule has 0 radical (unpaired) electrons. The molecule has 2 atom stereocenters. The maximum Gasteiger partial charge on any atom is 0.160 e. The molecule has 2 aliphatic rings. The average molecular weight is 158 g/mol. The summed E-state index contributed by atoms with van der Waals surface area (Å²) in [5.74, 6) is 0. The third-order valence-electron chi connectivity index (χ3n) is 2.52. The van der Waals surface area contributed by atoms with E-state index < -0.39 is 0 Å². The van der Waals surface area contributed by atoms with Crippen LogP contribution in [0.15, 0.2) is 0 Å². The molecule has 0 bridgehead atoms. The first-order chi connectivity index (χ1) is 5.24. The van der Waals surface area contributed by atoms with Crippen molar-refractivity contribution in [1.82, 2.24) is 0 Å². The topological polar surface area (TPSA) is 38.7 Å². The van der Waals surface area contributed by atoms with Crippen molar-refractivity contribution >= 4 is 0 Å². The third-order valence-corrected chi connectivity index (χ3v) is 2.52. The summed E-state index contributed by atoms with van der Waals surface area (Å²) < 4.78 is 10.7. The number of methoxy groups -OCH3 is 1. The lowest BCUT2D eigenvalue weighted by atomic mass is 10.0. The lowest BCUT2D eigenvalue weighted by molar-refractivity contribution is -0.214. The van der Waals surface area contributed by atoms with Crippen LogP contribution in [0.2, 0.25) is 0 Å². The van der Waals surface area contributed by atoms with Gasteiger partial charge in [0.25, 0.3) is 0 Å². The van der Waals surface area contributed by atoms with E-state index in [1.54, 1.807) is 7.11 Å². The molecule has 0 aromatic carbocycles. The molecule has 0 aromatic rings. The molecule has 64 valence electrons. The molecule has 1 spiro atoms. The average Bonchev–Trinajstić information content (AvgIpc) is 2.67. The Balaban J connectivity index is 1.97. The van der Waals surface area contributed by atoms with E-state index in [0.717, 1.165) is 19.3 Å². The van der Waals surface area contributed by atoms with Crippen molar-refractivity contribution in [2.24, 2.45) is 0 Å². The zero-order valence-electron chi connectivity index (χ0n) is 6.75. The highest BCUT2D eigenvalue weighted by atomic mass is 16.7. The Hall–Kier alpha value is -0.120. The summed E-state index contributed by atoms with van der Waals surface area (Å²) in [6, 6.07) is 0. The second-order valence-electron chi connectivity index (χ2n) is 3.56. The Kier molecular flexibility index (Phi) is 1.67. The number of aliphatic hydroxyl groups excluding tert-OH is 1. The predicted octanol–water partition coefficient (Wildman–Crippen LogP) is 0.663. The van der Waals surface area contributed by atoms with Gasteiger partial charge in [-0.1, -0.05) is 0 Å². The molecule has 0 amide bonds. The Bertz CT molecular complexity index is 153. The SMILES string of the molecule is CO[C@@H]1C[C@H](O)CC2(CC2)O1. The molecule has 1 saturated carbocycles. The molecular weight excluding hydrogens is 144 g/mol. The van der Waals surface area contributed by atoms with Crippen molar-refractivity contribution in [1.29, 1.82) is 0 Å². The summed E-state index contributed by atoms with van der Waals surface area (Å²) in [5.41, 5.74) is -0.00164. The van der Waals surface area contributed by atoms with Crippen LogP contribution in [0.3, 0.4) is 0 Å². The van der Waals surface area contributed by atoms with Crippen LogP contribution in [0.4, 0.5) is 0 Å². The lowest BCUT2D eigenvalue weighted by Gasteiger charge is -2.32. The Morgan fingerprint density at radius 3 is 2.82 bits per heavy atom. The van der Waals surface area contributed by atoms with Crippen LogP contribution in [0.1, 0.15) is 25.7 Å². The quantitative estimate of drug-likeness (QED) is 0.609. The summed E-state index contributed by atoms with van der Waals surface area (Å²) in [4.78, 5) is 0. The largest absolute Gasteiger partial charge is 0.393 e. The number of hydrogen-bond donors (Lipinski definition) is 1. The van der Waals surface area contributed by atoms with Gasteiger partial charge in [-0.05, 0) is 12.8 Å². The van der Waals surface area contributed by atoms with Crippen LogP contribution >= 0.6 is 0 Å². The normalized spacial score (nSPS) is 40.9. The monoisotopic (exact) mass is 158 g/mol. The number of hydrogen-bond acceptors (Lipinski definition) is 3. The van der Waals surface area contributed by atoms with E-state index in [2.05, 4.69) is 0 Å². The van der Waals surface area contributed by atoms with E-state index in [4.69, 9.17) is 9.47 Å². The molecule has 2 rings (SSSR count). The van der Waals surface area contributed by atoms with Gasteiger partial charge < -0.3 is 14.6 Å². The molecule has 1 N–H and O–H groups in total. The summed E-state index contributed by atoms with van der Waals surface area (Å²) >= 11 is 0. The first-order valence-corrected chi connectivity index (χ1v) is 4.13. The van der Waals surface area contributed by atoms with Crippen molar-refractivity contribution in [3.8, 4) is 0 Å². The minimum atomic E-state index is -0.226. The summed E-state index contributed by atoms with van der Waals surface area (Å²) in [5, 5.41) is 9.43. The van der Waals surface area contributed by atoms with Crippen molar-refractivity contribution in [3.63, 3.8) is 0 Å². The van der Waals surface area contributed by atoms with Gasteiger partial charge in [-0.3, -0.25) is 0 Å². The summed E-state index contributed by atoms with van der Waals surface area (Å²) in [6.07, 6.45) is 3.19. The second kappa shape index (κ2) is 2.44. The maximum absolute atomic E-state index is 9.43. The standard InChI is InChI=1S/C8H14O3/c1-10-7-4-6(9)5-8(11-7)2-3-8/h6-7,9H,2-5H2,1H3/t6-,7-/m0/s1. The number of aliphatic hydroxyl groups is 1. The van der Waals surface area contributed by atoms with E-state index in [1.165, 1.54) is 0 Å². The fourth-order valence-electron chi connectivity index (χ4n) is 1.72. The van der Waals surface area contributed by atoms with Gasteiger partial charge in [-0.2, -0.15) is 0 Å². The van der Waals surface area contributed by atoms with E-state index >= 15 is 0 Å². The molecule has 1 heterocycles.